The van der Waals surface area contributed by atoms with E-state index in [9.17, 15) is 4.79 Å². The molecule has 1 fully saturated rings. The van der Waals surface area contributed by atoms with Gasteiger partial charge in [0.1, 0.15) is 11.3 Å². The summed E-state index contributed by atoms with van der Waals surface area (Å²) in [5, 5.41) is 3.26. The van der Waals surface area contributed by atoms with Gasteiger partial charge in [0.05, 0.1) is 5.69 Å². The molecule has 0 radical (unpaired) electrons. The van der Waals surface area contributed by atoms with E-state index in [1.54, 1.807) is 0 Å². The molecule has 1 N–H and O–H groups in total. The number of hydrogen-bond acceptors (Lipinski definition) is 2. The Morgan fingerprint density at radius 3 is 2.87 bits per heavy atom. The quantitative estimate of drug-likeness (QED) is 0.867. The zero-order chi connectivity index (χ0) is 16.6. The van der Waals surface area contributed by atoms with E-state index in [4.69, 9.17) is 0 Å². The average molecular weight is 378 g/mol. The maximum absolute atomic E-state index is 12.9. The predicted molar refractivity (Wildman–Crippen MR) is 95.9 cm³/mol. The van der Waals surface area contributed by atoms with E-state index in [0.29, 0.717) is 11.6 Å². The molecule has 3 rings (SSSR count). The zero-order valence-electron chi connectivity index (χ0n) is 14.0. The van der Waals surface area contributed by atoms with Gasteiger partial charge in [0.15, 0.2) is 0 Å². The van der Waals surface area contributed by atoms with Crippen molar-refractivity contribution in [2.45, 2.75) is 58.9 Å². The van der Waals surface area contributed by atoms with E-state index in [2.05, 4.69) is 33.2 Å². The second-order valence-electron chi connectivity index (χ2n) is 6.64. The van der Waals surface area contributed by atoms with Crippen LogP contribution < -0.4 is 5.32 Å². The number of hydrogen-bond donors (Lipinski definition) is 1. The third-order valence-electron chi connectivity index (χ3n) is 4.92. The Morgan fingerprint density at radius 2 is 2.17 bits per heavy atom. The highest BCUT2D eigenvalue weighted by molar-refractivity contribution is 9.10. The monoisotopic (exact) mass is 377 g/mol. The summed E-state index contributed by atoms with van der Waals surface area (Å²) in [4.78, 5) is 17.6. The lowest BCUT2D eigenvalue weighted by Gasteiger charge is -2.29. The molecule has 124 valence electrons. The minimum atomic E-state index is 0.00519. The Balaban J connectivity index is 1.99. The largest absolute Gasteiger partial charge is 0.348 e. The van der Waals surface area contributed by atoms with Crippen LogP contribution in [0.3, 0.4) is 0 Å². The summed E-state index contributed by atoms with van der Waals surface area (Å²) >= 11 is 3.53. The molecule has 0 spiro atoms. The van der Waals surface area contributed by atoms with Crippen LogP contribution in [0.2, 0.25) is 0 Å². The molecule has 4 nitrogen and oxygen atoms in total. The number of carbonyl (C=O) groups is 1. The van der Waals surface area contributed by atoms with Crippen molar-refractivity contribution < 1.29 is 4.79 Å². The standard InChI is InChI=1S/C18H24BrN3O/c1-4-14-16(18(23)21-15-8-6-5-7-11(15)2)22-10-13(19)9-12(3)17(22)20-14/h9-11,15H,4-8H2,1-3H3,(H,21,23). The number of pyridine rings is 1. The van der Waals surface area contributed by atoms with Gasteiger partial charge in [0, 0.05) is 16.7 Å². The molecule has 1 aliphatic rings. The summed E-state index contributed by atoms with van der Waals surface area (Å²) in [6.07, 6.45) is 7.44. The molecule has 2 aromatic rings. The van der Waals surface area contributed by atoms with Crippen LogP contribution in [0.5, 0.6) is 0 Å². The Morgan fingerprint density at radius 1 is 1.43 bits per heavy atom. The van der Waals surface area contributed by atoms with E-state index < -0.39 is 0 Å². The summed E-state index contributed by atoms with van der Waals surface area (Å²) < 4.78 is 2.89. The Bertz CT molecular complexity index is 737. The van der Waals surface area contributed by atoms with Crippen molar-refractivity contribution in [3.8, 4) is 0 Å². The third kappa shape index (κ3) is 3.16. The summed E-state index contributed by atoms with van der Waals surface area (Å²) in [7, 11) is 0. The fourth-order valence-electron chi connectivity index (χ4n) is 3.57. The molecule has 23 heavy (non-hydrogen) atoms. The van der Waals surface area contributed by atoms with Gasteiger partial charge in [-0.1, -0.05) is 26.7 Å². The number of aromatic nitrogens is 2. The minimum absolute atomic E-state index is 0.00519. The molecule has 1 aliphatic carbocycles. The summed E-state index contributed by atoms with van der Waals surface area (Å²) in [5.74, 6) is 0.552. The molecule has 1 amide bonds. The first-order valence-electron chi connectivity index (χ1n) is 8.49. The van der Waals surface area contributed by atoms with Crippen molar-refractivity contribution in [2.75, 3.05) is 0 Å². The Hall–Kier alpha value is -1.36. The van der Waals surface area contributed by atoms with Gasteiger partial charge in [-0.2, -0.15) is 0 Å². The van der Waals surface area contributed by atoms with Gasteiger partial charge < -0.3 is 5.32 Å². The molecule has 0 aliphatic heterocycles. The molecule has 2 aromatic heterocycles. The minimum Gasteiger partial charge on any atom is -0.348 e. The maximum atomic E-state index is 12.9. The van der Waals surface area contributed by atoms with Gasteiger partial charge in [-0.25, -0.2) is 4.98 Å². The first kappa shape index (κ1) is 16.5. The van der Waals surface area contributed by atoms with E-state index in [1.807, 2.05) is 30.5 Å². The highest BCUT2D eigenvalue weighted by atomic mass is 79.9. The Kier molecular flexibility index (Phi) is 4.76. The number of amides is 1. The topological polar surface area (TPSA) is 46.4 Å². The molecule has 0 aromatic carbocycles. The highest BCUT2D eigenvalue weighted by Gasteiger charge is 2.26. The first-order chi connectivity index (χ1) is 11.0. The number of imidazole rings is 1. The maximum Gasteiger partial charge on any atom is 0.270 e. The summed E-state index contributed by atoms with van der Waals surface area (Å²) in [6, 6.07) is 2.31. The van der Waals surface area contributed by atoms with Crippen molar-refractivity contribution in [3.63, 3.8) is 0 Å². The number of carbonyl (C=O) groups excluding carboxylic acids is 1. The lowest BCUT2D eigenvalue weighted by Crippen LogP contribution is -2.41. The molecule has 5 heteroatoms. The van der Waals surface area contributed by atoms with Gasteiger partial charge in [0.25, 0.3) is 5.91 Å². The fraction of sp³-hybridized carbons (Fsp3) is 0.556. The van der Waals surface area contributed by atoms with Crippen LogP contribution >= 0.6 is 15.9 Å². The summed E-state index contributed by atoms with van der Waals surface area (Å²) in [6.45, 7) is 6.31. The normalized spacial score (nSPS) is 21.6. The zero-order valence-corrected chi connectivity index (χ0v) is 15.6. The van der Waals surface area contributed by atoms with Crippen molar-refractivity contribution >= 4 is 27.5 Å². The molecule has 2 heterocycles. The molecule has 0 bridgehead atoms. The average Bonchev–Trinajstić information content (AvgIpc) is 2.88. The van der Waals surface area contributed by atoms with Crippen LogP contribution in [0.15, 0.2) is 16.7 Å². The van der Waals surface area contributed by atoms with E-state index in [0.717, 1.165) is 34.2 Å². The first-order valence-corrected chi connectivity index (χ1v) is 9.28. The highest BCUT2D eigenvalue weighted by Crippen LogP contribution is 2.25. The second kappa shape index (κ2) is 6.63. The molecule has 1 saturated carbocycles. The van der Waals surface area contributed by atoms with Crippen molar-refractivity contribution in [1.29, 1.82) is 0 Å². The van der Waals surface area contributed by atoms with Crippen LogP contribution in [0, 0.1) is 12.8 Å². The number of fused-ring (bicyclic) bond motifs is 1. The summed E-state index contributed by atoms with van der Waals surface area (Å²) in [5.41, 5.74) is 3.49. The van der Waals surface area contributed by atoms with Gasteiger partial charge in [-0.15, -0.1) is 0 Å². The second-order valence-corrected chi connectivity index (χ2v) is 7.55. The third-order valence-corrected chi connectivity index (χ3v) is 5.35. The number of nitrogens with zero attached hydrogens (tertiary/aromatic N) is 2. The van der Waals surface area contributed by atoms with E-state index in [-0.39, 0.29) is 11.9 Å². The Labute approximate surface area is 145 Å². The number of rotatable bonds is 3. The predicted octanol–water partition coefficient (Wildman–Crippen LogP) is 4.28. The van der Waals surface area contributed by atoms with Gasteiger partial charge >= 0.3 is 0 Å². The van der Waals surface area contributed by atoms with Gasteiger partial charge in [-0.3, -0.25) is 9.20 Å². The molecular weight excluding hydrogens is 354 g/mol. The van der Waals surface area contributed by atoms with Crippen LogP contribution in [0.4, 0.5) is 0 Å². The van der Waals surface area contributed by atoms with Gasteiger partial charge in [-0.05, 0) is 59.7 Å². The fourth-order valence-corrected chi connectivity index (χ4v) is 4.12. The van der Waals surface area contributed by atoms with Crippen molar-refractivity contribution in [3.05, 3.63) is 33.7 Å². The molecule has 2 unspecified atom stereocenters. The number of aryl methyl sites for hydroxylation is 2. The smallest absolute Gasteiger partial charge is 0.270 e. The lowest BCUT2D eigenvalue weighted by atomic mass is 9.86. The van der Waals surface area contributed by atoms with Crippen molar-refractivity contribution in [1.82, 2.24) is 14.7 Å². The molecule has 0 saturated heterocycles. The van der Waals surface area contributed by atoms with Crippen molar-refractivity contribution in [2.24, 2.45) is 5.92 Å². The van der Waals surface area contributed by atoms with E-state index >= 15 is 0 Å². The molecule has 2 atom stereocenters. The number of nitrogens with one attached hydrogen (secondary N) is 1. The SMILES string of the molecule is CCc1nc2c(C)cc(Br)cn2c1C(=O)NC1CCCCC1C. The van der Waals surface area contributed by atoms with Crippen LogP contribution in [0.1, 0.15) is 61.3 Å². The van der Waals surface area contributed by atoms with E-state index in [1.165, 1.54) is 19.3 Å². The van der Waals surface area contributed by atoms with Crippen LogP contribution in [-0.2, 0) is 6.42 Å². The lowest BCUT2D eigenvalue weighted by molar-refractivity contribution is 0.0903. The van der Waals surface area contributed by atoms with Gasteiger partial charge in [0.2, 0.25) is 0 Å². The molecular formula is C18H24BrN3O. The van der Waals surface area contributed by atoms with Crippen LogP contribution in [-0.4, -0.2) is 21.3 Å². The van der Waals surface area contributed by atoms with Crippen LogP contribution in [0.25, 0.3) is 5.65 Å². The number of halogens is 1.